The lowest BCUT2D eigenvalue weighted by molar-refractivity contribution is 0.589. The lowest BCUT2D eigenvalue weighted by Crippen LogP contribution is -2.08. The Hall–Kier alpha value is -0.450. The van der Waals surface area contributed by atoms with Crippen molar-refractivity contribution >= 4 is 10.0 Å². The van der Waals surface area contributed by atoms with Gasteiger partial charge in [-0.2, -0.15) is 0 Å². The Labute approximate surface area is 47.9 Å². The maximum atomic E-state index is 10.2. The van der Waals surface area contributed by atoms with E-state index in [4.69, 9.17) is 0 Å². The predicted octanol–water partition coefficient (Wildman–Crippen LogP) is 0.491. The van der Waals surface area contributed by atoms with Crippen molar-refractivity contribution in [3.63, 3.8) is 0 Å². The van der Waals surface area contributed by atoms with Gasteiger partial charge in [-0.1, -0.05) is 0 Å². The molecular formula is C3H7NO3S. The molecule has 0 spiro atoms. The average molecular weight is 137 g/mol. The van der Waals surface area contributed by atoms with Gasteiger partial charge in [-0.05, 0) is 13.8 Å². The number of nitrogens with zero attached hydrogens (tertiary/aromatic N) is 1. The minimum absolute atomic E-state index is 0.694. The van der Waals surface area contributed by atoms with Crippen LogP contribution in [0.2, 0.25) is 0 Å². The highest BCUT2D eigenvalue weighted by Crippen LogP contribution is 1.99. The van der Waals surface area contributed by atoms with Crippen molar-refractivity contribution in [1.29, 1.82) is 0 Å². The summed E-state index contributed by atoms with van der Waals surface area (Å²) in [5.74, 6) is 0. The molecule has 0 N–H and O–H groups in total. The van der Waals surface area contributed by atoms with Gasteiger partial charge < -0.3 is 0 Å². The first-order valence-corrected chi connectivity index (χ1v) is 3.59. The molecule has 0 aliphatic rings. The van der Waals surface area contributed by atoms with Crippen LogP contribution >= 0.6 is 0 Å². The first-order valence-electron chi connectivity index (χ1n) is 2.09. The second kappa shape index (κ2) is 2.21. The van der Waals surface area contributed by atoms with Crippen molar-refractivity contribution < 1.29 is 8.42 Å². The van der Waals surface area contributed by atoms with Crippen molar-refractivity contribution in [3.05, 3.63) is 4.91 Å². The third-order valence-electron chi connectivity index (χ3n) is 0.700. The Morgan fingerprint density at radius 3 is 1.75 bits per heavy atom. The normalized spacial score (nSPS) is 11.9. The fraction of sp³-hybridized carbons (Fsp3) is 1.00. The van der Waals surface area contributed by atoms with Crippen LogP contribution in [0.5, 0.6) is 0 Å². The smallest absolute Gasteiger partial charge is 0.201 e. The molecule has 0 saturated heterocycles. The summed E-state index contributed by atoms with van der Waals surface area (Å²) in [5, 5.41) is -0.694. The van der Waals surface area contributed by atoms with E-state index >= 15 is 0 Å². The van der Waals surface area contributed by atoms with E-state index in [2.05, 4.69) is 0 Å². The molecule has 0 radical (unpaired) electrons. The van der Waals surface area contributed by atoms with Crippen LogP contribution in [0.4, 0.5) is 0 Å². The van der Waals surface area contributed by atoms with E-state index in [9.17, 15) is 13.3 Å². The quantitative estimate of drug-likeness (QED) is 0.520. The van der Waals surface area contributed by atoms with E-state index in [1.807, 2.05) is 4.58 Å². The average Bonchev–Trinajstić information content (AvgIpc) is 1.67. The summed E-state index contributed by atoms with van der Waals surface area (Å²) in [7, 11) is -3.67. The molecular weight excluding hydrogens is 130 g/mol. The van der Waals surface area contributed by atoms with Crippen LogP contribution in [0.1, 0.15) is 13.8 Å². The van der Waals surface area contributed by atoms with E-state index in [-0.39, 0.29) is 0 Å². The molecule has 0 amide bonds. The third-order valence-corrected chi connectivity index (χ3v) is 2.10. The second-order valence-corrected chi connectivity index (χ2v) is 3.76. The number of sulfonamides is 1. The molecule has 0 heterocycles. The van der Waals surface area contributed by atoms with E-state index < -0.39 is 15.3 Å². The lowest BCUT2D eigenvalue weighted by atomic mass is 10.6. The van der Waals surface area contributed by atoms with Gasteiger partial charge in [0.2, 0.25) is 0 Å². The largest absolute Gasteiger partial charge is 0.290 e. The molecule has 5 heteroatoms. The third kappa shape index (κ3) is 1.57. The highest BCUT2D eigenvalue weighted by atomic mass is 32.2. The predicted molar refractivity (Wildman–Crippen MR) is 29.9 cm³/mol. The molecule has 0 aromatic carbocycles. The summed E-state index contributed by atoms with van der Waals surface area (Å²) in [4.78, 5) is 9.43. The fourth-order valence-electron chi connectivity index (χ4n) is 0.0861. The van der Waals surface area contributed by atoms with E-state index in [1.54, 1.807) is 0 Å². The maximum absolute atomic E-state index is 10.2. The Balaban J connectivity index is 4.40. The van der Waals surface area contributed by atoms with Gasteiger partial charge in [0.05, 0.1) is 9.83 Å². The van der Waals surface area contributed by atoms with E-state index in [0.29, 0.717) is 0 Å². The SMILES string of the molecule is CC(C)S(=O)(=O)N=O. The molecule has 0 unspecified atom stereocenters. The summed E-state index contributed by atoms with van der Waals surface area (Å²) < 4.78 is 22.4. The minimum Gasteiger partial charge on any atom is -0.201 e. The van der Waals surface area contributed by atoms with Gasteiger partial charge in [0.25, 0.3) is 10.0 Å². The summed E-state index contributed by atoms with van der Waals surface area (Å²) in [5.41, 5.74) is 0. The number of nitroso groups, excluding NO2 is 1. The van der Waals surface area contributed by atoms with Crippen LogP contribution in [0.15, 0.2) is 4.58 Å². The molecule has 0 bridgehead atoms. The van der Waals surface area contributed by atoms with E-state index in [0.717, 1.165) is 0 Å². The van der Waals surface area contributed by atoms with Crippen molar-refractivity contribution in [1.82, 2.24) is 0 Å². The van der Waals surface area contributed by atoms with Crippen LogP contribution in [0.3, 0.4) is 0 Å². The topological polar surface area (TPSA) is 63.6 Å². The van der Waals surface area contributed by atoms with Gasteiger partial charge in [-0.25, -0.2) is 8.42 Å². The molecule has 0 aromatic rings. The zero-order valence-electron chi connectivity index (χ0n) is 4.66. The number of hydrogen-bond acceptors (Lipinski definition) is 3. The van der Waals surface area contributed by atoms with Crippen molar-refractivity contribution in [3.8, 4) is 0 Å². The zero-order chi connectivity index (χ0) is 6.78. The van der Waals surface area contributed by atoms with Gasteiger partial charge in [0, 0.05) is 0 Å². The highest BCUT2D eigenvalue weighted by Gasteiger charge is 2.14. The zero-order valence-corrected chi connectivity index (χ0v) is 5.47. The highest BCUT2D eigenvalue weighted by molar-refractivity contribution is 7.90. The van der Waals surface area contributed by atoms with E-state index in [1.165, 1.54) is 13.8 Å². The molecule has 48 valence electrons. The molecule has 0 atom stereocenters. The Bertz CT molecular complexity index is 169. The summed E-state index contributed by atoms with van der Waals surface area (Å²) in [6.45, 7) is 2.80. The molecule has 0 saturated carbocycles. The van der Waals surface area contributed by atoms with Gasteiger partial charge in [-0.3, -0.25) is 0 Å². The monoisotopic (exact) mass is 137 g/mol. The first-order chi connectivity index (χ1) is 3.50. The van der Waals surface area contributed by atoms with Gasteiger partial charge in [0.1, 0.15) is 0 Å². The number of hydrogen-bond donors (Lipinski definition) is 0. The minimum atomic E-state index is -3.67. The Morgan fingerprint density at radius 2 is 1.75 bits per heavy atom. The van der Waals surface area contributed by atoms with Crippen molar-refractivity contribution in [2.24, 2.45) is 4.58 Å². The van der Waals surface area contributed by atoms with Crippen LogP contribution in [0, 0.1) is 4.91 Å². The van der Waals surface area contributed by atoms with Gasteiger partial charge in [-0.15, -0.1) is 4.91 Å². The van der Waals surface area contributed by atoms with Crippen molar-refractivity contribution in [2.45, 2.75) is 19.1 Å². The fourth-order valence-corrected chi connectivity index (χ4v) is 0.258. The molecule has 0 aromatic heterocycles. The maximum Gasteiger partial charge on any atom is 0.290 e. The summed E-state index contributed by atoms with van der Waals surface area (Å²) in [6, 6.07) is 0. The standard InChI is InChI=1S/C3H7NO3S/c1-3(2)8(6,7)4-5/h3H,1-2H3. The van der Waals surface area contributed by atoms with Gasteiger partial charge in [0.15, 0.2) is 0 Å². The molecule has 0 rings (SSSR count). The van der Waals surface area contributed by atoms with Crippen LogP contribution < -0.4 is 0 Å². The Morgan fingerprint density at radius 1 is 1.38 bits per heavy atom. The Kier molecular flexibility index (Phi) is 2.09. The van der Waals surface area contributed by atoms with Crippen LogP contribution in [0.25, 0.3) is 0 Å². The van der Waals surface area contributed by atoms with Crippen LogP contribution in [-0.4, -0.2) is 13.7 Å². The van der Waals surface area contributed by atoms with Crippen LogP contribution in [-0.2, 0) is 10.0 Å². The molecule has 8 heavy (non-hydrogen) atoms. The summed E-state index contributed by atoms with van der Waals surface area (Å²) in [6.07, 6.45) is 0. The number of rotatable bonds is 2. The molecule has 0 aliphatic carbocycles. The lowest BCUT2D eigenvalue weighted by Gasteiger charge is -1.93. The molecule has 4 nitrogen and oxygen atoms in total. The summed E-state index contributed by atoms with van der Waals surface area (Å²) >= 11 is 0. The first kappa shape index (κ1) is 7.55. The second-order valence-electron chi connectivity index (χ2n) is 1.64. The van der Waals surface area contributed by atoms with Gasteiger partial charge >= 0.3 is 0 Å². The molecule has 0 fully saturated rings. The van der Waals surface area contributed by atoms with Crippen molar-refractivity contribution in [2.75, 3.05) is 0 Å². The molecule has 0 aliphatic heterocycles.